The van der Waals surface area contributed by atoms with E-state index in [1.165, 1.54) is 29.1 Å². The molecule has 0 spiro atoms. The Morgan fingerprint density at radius 1 is 1.39 bits per heavy atom. The van der Waals surface area contributed by atoms with Gasteiger partial charge >= 0.3 is 0 Å². The van der Waals surface area contributed by atoms with Gasteiger partial charge < -0.3 is 4.79 Å². The fraction of sp³-hybridized carbons (Fsp3) is 0.562. The first-order valence-corrected chi connectivity index (χ1v) is 7.59. The van der Waals surface area contributed by atoms with Crippen molar-refractivity contribution in [2.24, 2.45) is 0 Å². The van der Waals surface area contributed by atoms with E-state index in [-0.39, 0.29) is 0 Å². The number of hydrogen-bond acceptors (Lipinski definition) is 2. The van der Waals surface area contributed by atoms with Crippen LogP contribution < -0.4 is 0 Å². The van der Waals surface area contributed by atoms with Crippen LogP contribution in [0.1, 0.15) is 57.6 Å². The second-order valence-electron chi connectivity index (χ2n) is 5.55. The van der Waals surface area contributed by atoms with E-state index in [1.54, 1.807) is 5.56 Å². The summed E-state index contributed by atoms with van der Waals surface area (Å²) in [6, 6.07) is 7.11. The summed E-state index contributed by atoms with van der Waals surface area (Å²) in [5, 5.41) is 0. The monoisotopic (exact) mass is 264 g/mol. The van der Waals surface area contributed by atoms with E-state index in [2.05, 4.69) is 45.9 Å². The molecule has 1 heterocycles. The van der Waals surface area contributed by atoms with Gasteiger partial charge in [-0.25, -0.2) is 0 Å². The van der Waals surface area contributed by atoms with Crippen LogP contribution in [0.15, 0.2) is 23.1 Å². The smallest absolute Gasteiger partial charge is 0.106 e. The highest BCUT2D eigenvalue weighted by atomic mass is 32.2. The molecule has 1 aromatic rings. The van der Waals surface area contributed by atoms with Crippen molar-refractivity contribution < 1.29 is 4.79 Å². The quantitative estimate of drug-likeness (QED) is 0.764. The lowest BCUT2D eigenvalue weighted by Crippen LogP contribution is -2.23. The molecule has 1 unspecified atom stereocenters. The highest BCUT2D eigenvalue weighted by Crippen LogP contribution is 2.42. The molecule has 1 atom stereocenters. The van der Waals surface area contributed by atoms with Crippen LogP contribution in [-0.2, 0) is 10.2 Å². The predicted octanol–water partition coefficient (Wildman–Crippen LogP) is 4.79. The number of carbonyl (C=O) groups is 1. The minimum absolute atomic E-state index is 0.365. The maximum atomic E-state index is 8.00. The average molecular weight is 264 g/mol. The van der Waals surface area contributed by atoms with Crippen LogP contribution >= 0.6 is 11.8 Å². The first kappa shape index (κ1) is 15.3. The van der Waals surface area contributed by atoms with Gasteiger partial charge in [0, 0.05) is 4.90 Å². The molecule has 0 amide bonds. The maximum Gasteiger partial charge on any atom is 0.106 e. The Bertz CT molecular complexity index is 398. The van der Waals surface area contributed by atoms with Gasteiger partial charge in [-0.2, -0.15) is 0 Å². The van der Waals surface area contributed by atoms with Crippen LogP contribution in [0.5, 0.6) is 0 Å². The second-order valence-corrected chi connectivity index (χ2v) is 6.68. The molecule has 1 aliphatic rings. The van der Waals surface area contributed by atoms with Crippen LogP contribution in [0.25, 0.3) is 0 Å². The summed E-state index contributed by atoms with van der Waals surface area (Å²) >= 11 is 2.02. The van der Waals surface area contributed by atoms with Gasteiger partial charge in [0.25, 0.3) is 0 Å². The zero-order valence-corrected chi connectivity index (χ0v) is 12.8. The molecule has 2 rings (SSSR count). The summed E-state index contributed by atoms with van der Waals surface area (Å²) in [5.74, 6) is 1.95. The topological polar surface area (TPSA) is 17.1 Å². The van der Waals surface area contributed by atoms with Crippen molar-refractivity contribution in [2.45, 2.75) is 56.8 Å². The first-order valence-electron chi connectivity index (χ1n) is 6.60. The van der Waals surface area contributed by atoms with Crippen LogP contribution in [0, 0.1) is 0 Å². The van der Waals surface area contributed by atoms with Gasteiger partial charge in [-0.15, -0.1) is 11.8 Å². The second kappa shape index (κ2) is 6.42. The minimum atomic E-state index is 0.365. The summed E-state index contributed by atoms with van der Waals surface area (Å²) in [7, 11) is 0. The largest absolute Gasteiger partial charge is 0.307 e. The average Bonchev–Trinajstić information content (AvgIpc) is 2.39. The third kappa shape index (κ3) is 3.17. The van der Waals surface area contributed by atoms with Gasteiger partial charge in [-0.05, 0) is 47.1 Å². The van der Waals surface area contributed by atoms with Crippen LogP contribution in [0.2, 0.25) is 0 Å². The van der Waals surface area contributed by atoms with Crippen LogP contribution in [0.4, 0.5) is 0 Å². The molecule has 0 saturated heterocycles. The fourth-order valence-corrected chi connectivity index (χ4v) is 3.78. The Labute approximate surface area is 115 Å². The molecule has 0 saturated carbocycles. The fourth-order valence-electron chi connectivity index (χ4n) is 2.30. The molecule has 100 valence electrons. The molecule has 0 aromatic heterocycles. The predicted molar refractivity (Wildman–Crippen MR) is 80.6 cm³/mol. The molecular weight excluding hydrogens is 240 g/mol. The maximum absolute atomic E-state index is 8.00. The van der Waals surface area contributed by atoms with Gasteiger partial charge in [0.15, 0.2) is 0 Å². The number of carbonyl (C=O) groups excluding carboxylic acids is 1. The highest BCUT2D eigenvalue weighted by molar-refractivity contribution is 7.99. The van der Waals surface area contributed by atoms with Crippen molar-refractivity contribution in [3.8, 4) is 0 Å². The third-order valence-electron chi connectivity index (χ3n) is 3.90. The summed E-state index contributed by atoms with van der Waals surface area (Å²) in [6.45, 7) is 11.4. The van der Waals surface area contributed by atoms with E-state index < -0.39 is 0 Å². The minimum Gasteiger partial charge on any atom is -0.307 e. The van der Waals surface area contributed by atoms with Gasteiger partial charge in [-0.1, -0.05) is 39.8 Å². The van der Waals surface area contributed by atoms with Gasteiger partial charge in [-0.3, -0.25) is 0 Å². The molecule has 1 aromatic carbocycles. The number of thioether (sulfide) groups is 1. The molecule has 18 heavy (non-hydrogen) atoms. The molecule has 1 nitrogen and oxygen atoms in total. The molecule has 1 aliphatic heterocycles. The molecular formula is C16H24OS. The number of rotatable bonds is 2. The lowest BCUT2D eigenvalue weighted by Gasteiger charge is -2.32. The SMILES string of the molecule is C=O.CCC(C)c1ccc2c(c1)C(C)(C)CCS2. The van der Waals surface area contributed by atoms with E-state index in [0.717, 1.165) is 0 Å². The van der Waals surface area contributed by atoms with Crippen molar-refractivity contribution in [1.82, 2.24) is 0 Å². The van der Waals surface area contributed by atoms with E-state index in [1.807, 2.05) is 18.6 Å². The Morgan fingerprint density at radius 3 is 2.67 bits per heavy atom. The lowest BCUT2D eigenvalue weighted by molar-refractivity contribution is -0.0979. The molecule has 0 bridgehead atoms. The van der Waals surface area contributed by atoms with E-state index >= 15 is 0 Å². The van der Waals surface area contributed by atoms with Crippen molar-refractivity contribution in [3.05, 3.63) is 29.3 Å². The Hall–Kier alpha value is -0.760. The van der Waals surface area contributed by atoms with Crippen LogP contribution in [0.3, 0.4) is 0 Å². The van der Waals surface area contributed by atoms with Crippen LogP contribution in [-0.4, -0.2) is 12.5 Å². The van der Waals surface area contributed by atoms with Gasteiger partial charge in [0.2, 0.25) is 0 Å². The molecule has 2 heteroatoms. The number of fused-ring (bicyclic) bond motifs is 1. The zero-order chi connectivity index (χ0) is 13.8. The summed E-state index contributed by atoms with van der Waals surface area (Å²) in [4.78, 5) is 9.50. The number of hydrogen-bond donors (Lipinski definition) is 0. The molecule has 0 fully saturated rings. The van der Waals surface area contributed by atoms with Crippen molar-refractivity contribution >= 4 is 18.6 Å². The first-order chi connectivity index (χ1) is 8.54. The van der Waals surface area contributed by atoms with E-state index in [4.69, 9.17) is 4.79 Å². The van der Waals surface area contributed by atoms with Crippen molar-refractivity contribution in [1.29, 1.82) is 0 Å². The normalized spacial score (nSPS) is 18.2. The summed E-state index contributed by atoms with van der Waals surface area (Å²) in [6.07, 6.45) is 2.53. The van der Waals surface area contributed by atoms with E-state index in [9.17, 15) is 0 Å². The van der Waals surface area contributed by atoms with Gasteiger partial charge in [0.1, 0.15) is 6.79 Å². The molecule has 0 aliphatic carbocycles. The Kier molecular flexibility index (Phi) is 5.46. The lowest BCUT2D eigenvalue weighted by atomic mass is 9.80. The van der Waals surface area contributed by atoms with Crippen molar-refractivity contribution in [2.75, 3.05) is 5.75 Å². The molecule has 0 radical (unpaired) electrons. The standard InChI is InChI=1S/C15H22S.CH2O/c1-5-11(2)12-6-7-14-13(10-12)15(3,4)8-9-16-14;1-2/h6-7,10-11H,5,8-9H2,1-4H3;1H2. The van der Waals surface area contributed by atoms with E-state index in [0.29, 0.717) is 11.3 Å². The Balaban J connectivity index is 0.000000771. The summed E-state index contributed by atoms with van der Waals surface area (Å²) < 4.78 is 0. The third-order valence-corrected chi connectivity index (χ3v) is 4.97. The highest BCUT2D eigenvalue weighted by Gasteiger charge is 2.28. The summed E-state index contributed by atoms with van der Waals surface area (Å²) in [5.41, 5.74) is 3.45. The zero-order valence-electron chi connectivity index (χ0n) is 12.0. The number of benzene rings is 1. The van der Waals surface area contributed by atoms with Crippen molar-refractivity contribution in [3.63, 3.8) is 0 Å². The Morgan fingerprint density at radius 2 is 2.06 bits per heavy atom. The van der Waals surface area contributed by atoms with Gasteiger partial charge in [0.05, 0.1) is 0 Å². The molecule has 0 N–H and O–H groups in total.